The summed E-state index contributed by atoms with van der Waals surface area (Å²) in [5, 5.41) is 0. The average Bonchev–Trinajstić information content (AvgIpc) is 2.75. The van der Waals surface area contributed by atoms with Crippen molar-refractivity contribution in [1.29, 1.82) is 0 Å². The smallest absolute Gasteiger partial charge is 0.349 e. The summed E-state index contributed by atoms with van der Waals surface area (Å²) in [6.07, 6.45) is 4.61. The van der Waals surface area contributed by atoms with Crippen molar-refractivity contribution in [3.05, 3.63) is 24.0 Å². The molecule has 1 aliphatic carbocycles. The van der Waals surface area contributed by atoms with Gasteiger partial charge in [-0.3, -0.25) is 9.09 Å². The lowest BCUT2D eigenvalue weighted by Gasteiger charge is -2.42. The van der Waals surface area contributed by atoms with Crippen molar-refractivity contribution in [3.8, 4) is 0 Å². The highest BCUT2D eigenvalue weighted by molar-refractivity contribution is 7.68. The molecule has 0 aromatic carbocycles. The van der Waals surface area contributed by atoms with Gasteiger partial charge in [-0.2, -0.15) is 4.31 Å². The second kappa shape index (κ2) is 8.93. The quantitative estimate of drug-likeness (QED) is 0.415. The van der Waals surface area contributed by atoms with Crippen molar-refractivity contribution < 1.29 is 41.5 Å². The molecule has 0 aromatic heterocycles. The minimum atomic E-state index is -5.27. The van der Waals surface area contributed by atoms with Crippen LogP contribution in [-0.4, -0.2) is 38.9 Å². The normalized spacial score (nSPS) is 32.8. The molecule has 6 atom stereocenters. The first kappa shape index (κ1) is 26.0. The first-order valence-electron chi connectivity index (χ1n) is 9.60. The highest BCUT2D eigenvalue weighted by Crippen LogP contribution is 2.66. The molecule has 1 heterocycles. The summed E-state index contributed by atoms with van der Waals surface area (Å²) in [5.74, 6) is -0.0389. The van der Waals surface area contributed by atoms with Crippen molar-refractivity contribution in [1.82, 2.24) is 4.90 Å². The van der Waals surface area contributed by atoms with Gasteiger partial charge in [-0.05, 0) is 43.4 Å². The van der Waals surface area contributed by atoms with E-state index in [9.17, 15) is 23.5 Å². The maximum absolute atomic E-state index is 12.1. The van der Waals surface area contributed by atoms with Gasteiger partial charge in [-0.25, -0.2) is 13.4 Å². The van der Waals surface area contributed by atoms with Gasteiger partial charge in [0, 0.05) is 24.6 Å². The largest absolute Gasteiger partial charge is 0.488 e. The first-order valence-corrected chi connectivity index (χ1v) is 14.6. The number of nitrogens with zero attached hydrogens (tertiary/aromatic N) is 1. The second-order valence-electron chi connectivity index (χ2n) is 8.77. The zero-order valence-corrected chi connectivity index (χ0v) is 20.6. The molecule has 2 rings (SSSR count). The van der Waals surface area contributed by atoms with Gasteiger partial charge in [0.2, 0.25) is 0 Å². The van der Waals surface area contributed by atoms with E-state index in [1.165, 1.54) is 5.57 Å². The Balaban J connectivity index is 2.07. The van der Waals surface area contributed by atoms with Crippen LogP contribution in [0.4, 0.5) is 0 Å². The van der Waals surface area contributed by atoms with E-state index in [0.29, 0.717) is 13.1 Å². The van der Waals surface area contributed by atoms with E-state index in [1.807, 2.05) is 6.92 Å². The van der Waals surface area contributed by atoms with Gasteiger partial charge in [0.25, 0.3) is 0 Å². The fraction of sp³-hybridized carbons (Fsp3) is 0.765. The average molecular weight is 487 g/mol. The van der Waals surface area contributed by atoms with Crippen molar-refractivity contribution in [2.75, 3.05) is 13.3 Å². The van der Waals surface area contributed by atoms with Crippen molar-refractivity contribution in [3.63, 3.8) is 0 Å². The maximum atomic E-state index is 12.1. The molecule has 1 aliphatic heterocycles. The van der Waals surface area contributed by atoms with Crippen LogP contribution in [0, 0.1) is 17.3 Å². The molecule has 1 saturated carbocycles. The van der Waals surface area contributed by atoms with E-state index in [1.54, 1.807) is 0 Å². The third kappa shape index (κ3) is 6.61. The molecule has 174 valence electrons. The summed E-state index contributed by atoms with van der Waals surface area (Å²) in [4.78, 5) is 30.4. The number of hydrogen-bond donors (Lipinski definition) is 3. The van der Waals surface area contributed by atoms with Gasteiger partial charge in [0.05, 0.1) is 6.61 Å². The molecule has 30 heavy (non-hydrogen) atoms. The van der Waals surface area contributed by atoms with Crippen LogP contribution in [0.15, 0.2) is 24.0 Å². The van der Waals surface area contributed by atoms with E-state index in [4.69, 9.17) is 9.42 Å². The summed E-state index contributed by atoms with van der Waals surface area (Å²) in [5.41, 5.74) is 2.12. The lowest BCUT2D eigenvalue weighted by Crippen LogP contribution is -2.41. The van der Waals surface area contributed by atoms with Crippen LogP contribution < -0.4 is 0 Å². The minimum Gasteiger partial charge on any atom is -0.349 e. The van der Waals surface area contributed by atoms with Crippen LogP contribution in [0.1, 0.15) is 47.0 Å². The zero-order chi connectivity index (χ0) is 23.1. The van der Waals surface area contributed by atoms with Gasteiger partial charge in [0.15, 0.2) is 0 Å². The van der Waals surface area contributed by atoms with Crippen molar-refractivity contribution in [2.45, 2.75) is 53.0 Å². The number of phosphoric ester groups is 1. The Morgan fingerprint density at radius 3 is 2.33 bits per heavy atom. The first-order chi connectivity index (χ1) is 13.4. The lowest BCUT2D eigenvalue weighted by atomic mass is 9.77. The molecule has 13 heteroatoms. The number of hydrogen-bond acceptors (Lipinski definition) is 7. The molecule has 1 fully saturated rings. The highest BCUT2D eigenvalue weighted by atomic mass is 31.3. The minimum absolute atomic E-state index is 0.0939. The second-order valence-corrected chi connectivity index (χ2v) is 13.8. The fourth-order valence-electron chi connectivity index (χ4n) is 4.11. The molecule has 0 saturated heterocycles. The van der Waals surface area contributed by atoms with Gasteiger partial charge < -0.3 is 19.6 Å². The predicted molar refractivity (Wildman–Crippen MR) is 112 cm³/mol. The molecule has 0 amide bonds. The third-order valence-corrected chi connectivity index (χ3v) is 10.2. The van der Waals surface area contributed by atoms with E-state index in [0.717, 1.165) is 18.5 Å². The molecule has 2 aliphatic rings. The Bertz CT molecular complexity index is 849. The zero-order valence-electron chi connectivity index (χ0n) is 17.9. The third-order valence-electron chi connectivity index (χ3n) is 6.05. The Kier molecular flexibility index (Phi) is 7.74. The lowest BCUT2D eigenvalue weighted by molar-refractivity contribution is 0.120. The van der Waals surface area contributed by atoms with Crippen LogP contribution in [0.25, 0.3) is 0 Å². The molecule has 0 radical (unpaired) electrons. The number of phosphoric acid groups is 2. The van der Waals surface area contributed by atoms with Crippen LogP contribution in [0.3, 0.4) is 0 Å². The van der Waals surface area contributed by atoms with E-state index in [2.05, 4.69) is 47.1 Å². The monoisotopic (exact) mass is 487 g/mol. The van der Waals surface area contributed by atoms with Crippen LogP contribution in [0.2, 0.25) is 0 Å². The van der Waals surface area contributed by atoms with Crippen molar-refractivity contribution >= 4 is 23.2 Å². The van der Waals surface area contributed by atoms with E-state index >= 15 is 0 Å². The fourth-order valence-corrected chi connectivity index (χ4v) is 7.65. The van der Waals surface area contributed by atoms with Gasteiger partial charge in [-0.1, -0.05) is 32.9 Å². The SMILES string of the molecule is C=C1CCC(C)=CN1C1CC(COP(=O)(O)OP(=O)(O)OP(C)(=O)O)C(C)C1(C)C. The van der Waals surface area contributed by atoms with Crippen LogP contribution in [-0.2, 0) is 26.8 Å². The maximum Gasteiger partial charge on any atom is 0.488 e. The van der Waals surface area contributed by atoms with Crippen LogP contribution in [0.5, 0.6) is 0 Å². The van der Waals surface area contributed by atoms with E-state index < -0.39 is 23.2 Å². The molecule has 0 spiro atoms. The summed E-state index contributed by atoms with van der Waals surface area (Å²) < 4.78 is 48.0. The Morgan fingerprint density at radius 1 is 1.17 bits per heavy atom. The standard InChI is InChI=1S/C17H32NO9P3/c1-12-7-8-13(2)18(10-12)16-9-15(14(3)17(16,4)5)11-25-29(21,22)27-30(23,24)26-28(6,19)20/h10,14-16H,2,7-9,11H2,1,3-6H3,(H,19,20)(H,21,22)(H,23,24). The van der Waals surface area contributed by atoms with Gasteiger partial charge in [0.1, 0.15) is 0 Å². The molecular formula is C17H32NO9P3. The van der Waals surface area contributed by atoms with Crippen molar-refractivity contribution in [2.24, 2.45) is 17.3 Å². The Morgan fingerprint density at radius 2 is 1.77 bits per heavy atom. The molecule has 6 unspecified atom stereocenters. The Labute approximate surface area is 177 Å². The number of rotatable bonds is 8. The molecule has 3 N–H and O–H groups in total. The molecule has 0 bridgehead atoms. The highest BCUT2D eigenvalue weighted by Gasteiger charge is 2.50. The summed E-state index contributed by atoms with van der Waals surface area (Å²) in [7, 11) is -14.7. The molecular weight excluding hydrogens is 455 g/mol. The molecule has 0 aromatic rings. The van der Waals surface area contributed by atoms with Crippen LogP contribution >= 0.6 is 23.2 Å². The summed E-state index contributed by atoms with van der Waals surface area (Å²) in [6.45, 7) is 13.0. The predicted octanol–water partition coefficient (Wildman–Crippen LogP) is 4.62. The van der Waals surface area contributed by atoms with E-state index in [-0.39, 0.29) is 29.9 Å². The summed E-state index contributed by atoms with van der Waals surface area (Å²) in [6, 6.07) is 0.107. The topological polar surface area (TPSA) is 143 Å². The van der Waals surface area contributed by atoms with Gasteiger partial charge >= 0.3 is 23.2 Å². The number of allylic oxidation sites excluding steroid dienone is 2. The molecule has 10 nitrogen and oxygen atoms in total. The van der Waals surface area contributed by atoms with Gasteiger partial charge in [-0.15, -0.1) is 0 Å². The Hall–Kier alpha value is -0.270. The summed E-state index contributed by atoms with van der Waals surface area (Å²) >= 11 is 0.